The summed E-state index contributed by atoms with van der Waals surface area (Å²) in [5, 5.41) is 8.93. The lowest BCUT2D eigenvalue weighted by molar-refractivity contribution is -0.142. The van der Waals surface area contributed by atoms with Crippen molar-refractivity contribution in [3.63, 3.8) is 0 Å². The highest BCUT2D eigenvalue weighted by atomic mass is 16.6. The summed E-state index contributed by atoms with van der Waals surface area (Å²) in [5.74, 6) is 0.101. The van der Waals surface area contributed by atoms with Gasteiger partial charge in [0.1, 0.15) is 6.10 Å². The summed E-state index contributed by atoms with van der Waals surface area (Å²) in [5.41, 5.74) is 0. The molecule has 3 nitrogen and oxygen atoms in total. The van der Waals surface area contributed by atoms with E-state index in [1.807, 2.05) is 0 Å². The molecule has 1 aliphatic rings. The molecule has 0 spiro atoms. The van der Waals surface area contributed by atoms with Crippen molar-refractivity contribution in [2.24, 2.45) is 5.92 Å². The molecule has 0 radical (unpaired) electrons. The lowest BCUT2D eigenvalue weighted by Gasteiger charge is -2.13. The van der Waals surface area contributed by atoms with Gasteiger partial charge in [-0.25, -0.2) is 0 Å². The second-order valence-electron chi connectivity index (χ2n) is 3.67. The van der Waals surface area contributed by atoms with E-state index in [1.54, 1.807) is 0 Å². The lowest BCUT2D eigenvalue weighted by atomic mass is 9.95. The maximum atomic E-state index is 10.9. The van der Waals surface area contributed by atoms with Crippen LogP contribution in [-0.4, -0.2) is 23.8 Å². The van der Waals surface area contributed by atoms with Gasteiger partial charge in [0.25, 0.3) is 0 Å². The van der Waals surface area contributed by atoms with E-state index in [0.29, 0.717) is 6.42 Å². The van der Waals surface area contributed by atoms with Crippen LogP contribution in [0.25, 0.3) is 0 Å². The summed E-state index contributed by atoms with van der Waals surface area (Å²) >= 11 is 0. The Hall–Kier alpha value is -0.570. The molecule has 1 heterocycles. The van der Waals surface area contributed by atoms with Crippen molar-refractivity contribution in [1.29, 1.82) is 0 Å². The van der Waals surface area contributed by atoms with Crippen LogP contribution in [0.15, 0.2) is 0 Å². The minimum atomic E-state index is -0.232. The first kappa shape index (κ1) is 10.5. The van der Waals surface area contributed by atoms with Gasteiger partial charge in [-0.15, -0.1) is 0 Å². The molecule has 0 saturated carbocycles. The number of rotatable bonds is 5. The summed E-state index contributed by atoms with van der Waals surface area (Å²) in [4.78, 5) is 10.9. The lowest BCUT2D eigenvalue weighted by Crippen LogP contribution is -2.20. The topological polar surface area (TPSA) is 46.5 Å². The van der Waals surface area contributed by atoms with Gasteiger partial charge < -0.3 is 9.84 Å². The molecule has 0 aromatic carbocycles. The van der Waals surface area contributed by atoms with Crippen LogP contribution >= 0.6 is 0 Å². The Balaban J connectivity index is 2.27. The quantitative estimate of drug-likeness (QED) is 0.522. The minimum Gasteiger partial charge on any atom is -0.460 e. The molecule has 0 aromatic rings. The summed E-state index contributed by atoms with van der Waals surface area (Å²) < 4.78 is 4.96. The molecule has 1 fully saturated rings. The zero-order valence-corrected chi connectivity index (χ0v) is 8.16. The van der Waals surface area contributed by atoms with Crippen molar-refractivity contribution in [1.82, 2.24) is 0 Å². The van der Waals surface area contributed by atoms with Crippen molar-refractivity contribution < 1.29 is 14.6 Å². The number of hydrogen-bond acceptors (Lipinski definition) is 3. The Labute approximate surface area is 79.1 Å². The van der Waals surface area contributed by atoms with Crippen LogP contribution in [0.4, 0.5) is 0 Å². The highest BCUT2D eigenvalue weighted by Gasteiger charge is 2.33. The van der Waals surface area contributed by atoms with Crippen molar-refractivity contribution in [3.05, 3.63) is 0 Å². The van der Waals surface area contributed by atoms with Crippen LogP contribution < -0.4 is 0 Å². The predicted molar refractivity (Wildman–Crippen MR) is 49.2 cm³/mol. The molecule has 0 aliphatic carbocycles. The standard InChI is InChI=1S/C10H18O3/c1-2-3-4-5-8-6-10(12)13-9(8)7-11/h8-9,11H,2-7H2,1H3/t8-,9+/m0/s1. The number of carbonyl (C=O) groups excluding carboxylic acids is 1. The molecule has 0 amide bonds. The van der Waals surface area contributed by atoms with E-state index in [1.165, 1.54) is 12.8 Å². The van der Waals surface area contributed by atoms with Gasteiger partial charge in [0, 0.05) is 5.92 Å². The Morgan fingerprint density at radius 2 is 2.31 bits per heavy atom. The first-order valence-corrected chi connectivity index (χ1v) is 5.08. The van der Waals surface area contributed by atoms with Crippen LogP contribution in [-0.2, 0) is 9.53 Å². The van der Waals surface area contributed by atoms with Crippen LogP contribution in [0.2, 0.25) is 0 Å². The molecule has 2 atom stereocenters. The second-order valence-corrected chi connectivity index (χ2v) is 3.67. The van der Waals surface area contributed by atoms with E-state index < -0.39 is 0 Å². The Kier molecular flexibility index (Phi) is 4.22. The van der Waals surface area contributed by atoms with Gasteiger partial charge in [-0.1, -0.05) is 26.2 Å². The monoisotopic (exact) mass is 186 g/mol. The normalized spacial score (nSPS) is 27.7. The first-order chi connectivity index (χ1) is 6.27. The van der Waals surface area contributed by atoms with E-state index >= 15 is 0 Å². The first-order valence-electron chi connectivity index (χ1n) is 5.08. The largest absolute Gasteiger partial charge is 0.460 e. The summed E-state index contributed by atoms with van der Waals surface area (Å²) in [6.07, 6.45) is 4.78. The van der Waals surface area contributed by atoms with Crippen LogP contribution in [0.5, 0.6) is 0 Å². The maximum Gasteiger partial charge on any atom is 0.306 e. The molecular formula is C10H18O3. The van der Waals surface area contributed by atoms with E-state index in [2.05, 4.69) is 6.92 Å². The maximum absolute atomic E-state index is 10.9. The Bertz CT molecular complexity index is 168. The van der Waals surface area contributed by atoms with E-state index in [0.717, 1.165) is 12.8 Å². The van der Waals surface area contributed by atoms with Crippen molar-refractivity contribution in [2.75, 3.05) is 6.61 Å². The van der Waals surface area contributed by atoms with E-state index in [4.69, 9.17) is 9.84 Å². The van der Waals surface area contributed by atoms with Crippen molar-refractivity contribution >= 4 is 5.97 Å². The van der Waals surface area contributed by atoms with Gasteiger partial charge in [0.15, 0.2) is 0 Å². The summed E-state index contributed by atoms with van der Waals surface area (Å²) in [7, 11) is 0. The highest BCUT2D eigenvalue weighted by Crippen LogP contribution is 2.26. The van der Waals surface area contributed by atoms with E-state index in [-0.39, 0.29) is 24.6 Å². The third-order valence-corrected chi connectivity index (χ3v) is 2.60. The minimum absolute atomic E-state index is 0.0253. The third-order valence-electron chi connectivity index (χ3n) is 2.60. The van der Waals surface area contributed by atoms with Crippen molar-refractivity contribution in [2.45, 2.75) is 45.1 Å². The molecule has 1 aliphatic heterocycles. The fourth-order valence-corrected chi connectivity index (χ4v) is 1.79. The highest BCUT2D eigenvalue weighted by molar-refractivity contribution is 5.72. The number of aliphatic hydroxyl groups excluding tert-OH is 1. The van der Waals surface area contributed by atoms with Crippen molar-refractivity contribution in [3.8, 4) is 0 Å². The Morgan fingerprint density at radius 1 is 1.54 bits per heavy atom. The van der Waals surface area contributed by atoms with Crippen LogP contribution in [0, 0.1) is 5.92 Å². The third kappa shape index (κ3) is 2.99. The van der Waals surface area contributed by atoms with Gasteiger partial charge in [-0.2, -0.15) is 0 Å². The molecular weight excluding hydrogens is 168 g/mol. The predicted octanol–water partition coefficient (Wildman–Crippen LogP) is 1.49. The SMILES string of the molecule is CCCCC[C@H]1CC(=O)O[C@@H]1CO. The van der Waals surface area contributed by atoms with E-state index in [9.17, 15) is 4.79 Å². The van der Waals surface area contributed by atoms with Gasteiger partial charge in [-0.05, 0) is 6.42 Å². The molecule has 76 valence electrons. The molecule has 1 rings (SSSR count). The smallest absolute Gasteiger partial charge is 0.306 e. The van der Waals surface area contributed by atoms with Gasteiger partial charge >= 0.3 is 5.97 Å². The number of aliphatic hydroxyl groups is 1. The van der Waals surface area contributed by atoms with Crippen LogP contribution in [0.3, 0.4) is 0 Å². The van der Waals surface area contributed by atoms with Gasteiger partial charge in [0.2, 0.25) is 0 Å². The average molecular weight is 186 g/mol. The average Bonchev–Trinajstić information content (AvgIpc) is 2.47. The van der Waals surface area contributed by atoms with Crippen LogP contribution in [0.1, 0.15) is 39.0 Å². The zero-order valence-electron chi connectivity index (χ0n) is 8.16. The molecule has 13 heavy (non-hydrogen) atoms. The van der Waals surface area contributed by atoms with Gasteiger partial charge in [-0.3, -0.25) is 4.79 Å². The Morgan fingerprint density at radius 3 is 2.92 bits per heavy atom. The number of unbranched alkanes of at least 4 members (excludes halogenated alkanes) is 2. The summed E-state index contributed by atoms with van der Waals surface area (Å²) in [6, 6.07) is 0. The number of esters is 1. The number of cyclic esters (lactones) is 1. The molecule has 0 bridgehead atoms. The molecule has 0 unspecified atom stereocenters. The number of carbonyl (C=O) groups is 1. The second kappa shape index (κ2) is 5.22. The fourth-order valence-electron chi connectivity index (χ4n) is 1.79. The number of ether oxygens (including phenoxy) is 1. The zero-order chi connectivity index (χ0) is 9.68. The molecule has 3 heteroatoms. The summed E-state index contributed by atoms with van der Waals surface area (Å²) in [6.45, 7) is 2.13. The molecule has 1 N–H and O–H groups in total. The fraction of sp³-hybridized carbons (Fsp3) is 0.900. The van der Waals surface area contributed by atoms with Gasteiger partial charge in [0.05, 0.1) is 13.0 Å². The molecule has 1 saturated heterocycles. The number of hydrogen-bond donors (Lipinski definition) is 1. The molecule has 0 aromatic heterocycles.